The highest BCUT2D eigenvalue weighted by Crippen LogP contribution is 2.37. The molecule has 0 saturated heterocycles. The van der Waals surface area contributed by atoms with Crippen LogP contribution < -0.4 is 14.8 Å². The number of rotatable bonds is 3. The maximum absolute atomic E-state index is 13.5. The molecule has 1 heterocycles. The van der Waals surface area contributed by atoms with Gasteiger partial charge in [0.1, 0.15) is 11.6 Å². The van der Waals surface area contributed by atoms with E-state index in [2.05, 4.69) is 5.32 Å². The molecule has 3 rings (SSSR count). The second kappa shape index (κ2) is 5.08. The molecule has 2 aromatic carbocycles. The van der Waals surface area contributed by atoms with Crippen LogP contribution in [0.15, 0.2) is 24.3 Å². The molecule has 4 nitrogen and oxygen atoms in total. The van der Waals surface area contributed by atoms with Crippen LogP contribution in [-0.2, 0) is 6.54 Å². The maximum Gasteiger partial charge on any atom is 0.231 e. The van der Waals surface area contributed by atoms with E-state index in [1.807, 2.05) is 0 Å². The van der Waals surface area contributed by atoms with Crippen LogP contribution in [0.2, 0.25) is 0 Å². The topological polar surface area (TPSA) is 50.7 Å². The first-order valence-corrected chi connectivity index (χ1v) is 6.04. The summed E-state index contributed by atoms with van der Waals surface area (Å²) >= 11 is 0. The number of benzene rings is 2. The van der Waals surface area contributed by atoms with Gasteiger partial charge < -0.3 is 19.9 Å². The first-order valence-electron chi connectivity index (χ1n) is 6.04. The lowest BCUT2D eigenvalue weighted by molar-refractivity contribution is 0.174. The molecule has 0 bridgehead atoms. The molecule has 0 aromatic heterocycles. The predicted molar refractivity (Wildman–Crippen MR) is 67.9 cm³/mol. The zero-order valence-electron chi connectivity index (χ0n) is 10.6. The Morgan fingerprint density at radius 3 is 2.38 bits per heavy atom. The van der Waals surface area contributed by atoms with Crippen LogP contribution in [-0.4, -0.2) is 11.9 Å². The SMILES string of the molecule is Oc1cc2c(cc1CNc1cc(F)c(F)cc1F)OCO2. The van der Waals surface area contributed by atoms with E-state index >= 15 is 0 Å². The molecule has 2 aromatic rings. The van der Waals surface area contributed by atoms with E-state index in [4.69, 9.17) is 9.47 Å². The third-order valence-corrected chi connectivity index (χ3v) is 3.05. The van der Waals surface area contributed by atoms with E-state index in [9.17, 15) is 18.3 Å². The van der Waals surface area contributed by atoms with Crippen LogP contribution in [0.3, 0.4) is 0 Å². The van der Waals surface area contributed by atoms with Gasteiger partial charge in [0, 0.05) is 30.3 Å². The zero-order chi connectivity index (χ0) is 15.0. The summed E-state index contributed by atoms with van der Waals surface area (Å²) in [6.07, 6.45) is 0. The fourth-order valence-corrected chi connectivity index (χ4v) is 1.96. The van der Waals surface area contributed by atoms with Crippen molar-refractivity contribution >= 4 is 5.69 Å². The Balaban J connectivity index is 1.81. The van der Waals surface area contributed by atoms with Crippen LogP contribution >= 0.6 is 0 Å². The van der Waals surface area contributed by atoms with Gasteiger partial charge in [0.15, 0.2) is 23.1 Å². The third-order valence-electron chi connectivity index (χ3n) is 3.05. The molecule has 0 radical (unpaired) electrons. The van der Waals surface area contributed by atoms with E-state index in [1.54, 1.807) is 0 Å². The van der Waals surface area contributed by atoms with Crippen molar-refractivity contribution in [2.24, 2.45) is 0 Å². The lowest BCUT2D eigenvalue weighted by atomic mass is 10.1. The van der Waals surface area contributed by atoms with Crippen LogP contribution in [0.4, 0.5) is 18.9 Å². The van der Waals surface area contributed by atoms with Crippen molar-refractivity contribution < 1.29 is 27.8 Å². The largest absolute Gasteiger partial charge is 0.507 e. The summed E-state index contributed by atoms with van der Waals surface area (Å²) in [6, 6.07) is 4.08. The minimum Gasteiger partial charge on any atom is -0.507 e. The Labute approximate surface area is 117 Å². The number of anilines is 1. The summed E-state index contributed by atoms with van der Waals surface area (Å²) in [5, 5.41) is 12.4. The standard InChI is InChI=1S/C14H10F3NO3/c15-8-2-10(17)11(3-9(8)16)18-5-7-1-13-14(4-12(7)19)21-6-20-13/h1-4,18-19H,5-6H2. The highest BCUT2D eigenvalue weighted by Gasteiger charge is 2.17. The van der Waals surface area contributed by atoms with Crippen molar-refractivity contribution in [1.29, 1.82) is 0 Å². The molecule has 0 amide bonds. The van der Waals surface area contributed by atoms with Crippen molar-refractivity contribution in [1.82, 2.24) is 0 Å². The lowest BCUT2D eigenvalue weighted by Crippen LogP contribution is -2.03. The van der Waals surface area contributed by atoms with Crippen molar-refractivity contribution in [3.8, 4) is 17.2 Å². The molecule has 7 heteroatoms. The van der Waals surface area contributed by atoms with Crippen LogP contribution in [0.25, 0.3) is 0 Å². The van der Waals surface area contributed by atoms with Crippen LogP contribution in [0.5, 0.6) is 17.2 Å². The molecule has 21 heavy (non-hydrogen) atoms. The van der Waals surface area contributed by atoms with E-state index in [-0.39, 0.29) is 24.8 Å². The number of halogens is 3. The lowest BCUT2D eigenvalue weighted by Gasteiger charge is -2.10. The molecule has 0 spiro atoms. The Morgan fingerprint density at radius 1 is 0.952 bits per heavy atom. The van der Waals surface area contributed by atoms with Crippen LogP contribution in [0, 0.1) is 17.5 Å². The molecule has 0 aliphatic carbocycles. The summed E-state index contributed by atoms with van der Waals surface area (Å²) < 4.78 is 49.6. The van der Waals surface area contributed by atoms with E-state index in [0.29, 0.717) is 29.2 Å². The quantitative estimate of drug-likeness (QED) is 0.855. The molecule has 0 saturated carbocycles. The summed E-state index contributed by atoms with van der Waals surface area (Å²) in [5.41, 5.74) is 0.203. The fourth-order valence-electron chi connectivity index (χ4n) is 1.96. The second-order valence-corrected chi connectivity index (χ2v) is 4.43. The number of hydrogen-bond acceptors (Lipinski definition) is 4. The Kier molecular flexibility index (Phi) is 3.25. The second-order valence-electron chi connectivity index (χ2n) is 4.43. The summed E-state index contributed by atoms with van der Waals surface area (Å²) in [6.45, 7) is 0.0634. The Bertz CT molecular complexity index is 706. The number of hydrogen-bond donors (Lipinski definition) is 2. The summed E-state index contributed by atoms with van der Waals surface area (Å²) in [5.74, 6) is -2.55. The minimum atomic E-state index is -1.26. The van der Waals surface area contributed by atoms with Crippen molar-refractivity contribution in [2.75, 3.05) is 12.1 Å². The first-order chi connectivity index (χ1) is 10.0. The Hall–Kier alpha value is -2.57. The van der Waals surface area contributed by atoms with Gasteiger partial charge in [-0.3, -0.25) is 0 Å². The maximum atomic E-state index is 13.5. The third kappa shape index (κ3) is 2.54. The number of ether oxygens (including phenoxy) is 2. The molecule has 0 unspecified atom stereocenters. The molecule has 2 N–H and O–H groups in total. The number of aromatic hydroxyl groups is 1. The monoisotopic (exact) mass is 297 g/mol. The summed E-state index contributed by atoms with van der Waals surface area (Å²) in [4.78, 5) is 0. The predicted octanol–water partition coefficient (Wildman–Crippen LogP) is 3.15. The zero-order valence-corrected chi connectivity index (χ0v) is 10.6. The minimum absolute atomic E-state index is 0.00443. The smallest absolute Gasteiger partial charge is 0.231 e. The number of phenols is 1. The first kappa shape index (κ1) is 13.4. The van der Waals surface area contributed by atoms with Gasteiger partial charge in [0.05, 0.1) is 5.69 Å². The van der Waals surface area contributed by atoms with Gasteiger partial charge in [0.25, 0.3) is 0 Å². The van der Waals surface area contributed by atoms with E-state index in [1.165, 1.54) is 12.1 Å². The highest BCUT2D eigenvalue weighted by atomic mass is 19.2. The van der Waals surface area contributed by atoms with E-state index < -0.39 is 17.5 Å². The highest BCUT2D eigenvalue weighted by molar-refractivity contribution is 5.53. The van der Waals surface area contributed by atoms with E-state index in [0.717, 1.165) is 0 Å². The molecular weight excluding hydrogens is 287 g/mol. The number of fused-ring (bicyclic) bond motifs is 1. The van der Waals surface area contributed by atoms with Crippen molar-refractivity contribution in [3.05, 3.63) is 47.3 Å². The normalized spacial score (nSPS) is 12.5. The average Bonchev–Trinajstić information content (AvgIpc) is 2.88. The molecular formula is C14H10F3NO3. The molecule has 1 aliphatic rings. The Morgan fingerprint density at radius 2 is 1.62 bits per heavy atom. The molecule has 0 fully saturated rings. The van der Waals surface area contributed by atoms with Gasteiger partial charge >= 0.3 is 0 Å². The average molecular weight is 297 g/mol. The number of nitrogens with one attached hydrogen (secondary N) is 1. The molecule has 0 atom stereocenters. The van der Waals surface area contributed by atoms with Gasteiger partial charge in [-0.25, -0.2) is 13.2 Å². The van der Waals surface area contributed by atoms with Crippen LogP contribution in [0.1, 0.15) is 5.56 Å². The van der Waals surface area contributed by atoms with Gasteiger partial charge in [-0.1, -0.05) is 0 Å². The van der Waals surface area contributed by atoms with Gasteiger partial charge in [-0.15, -0.1) is 0 Å². The number of phenolic OH excluding ortho intramolecular Hbond substituents is 1. The fraction of sp³-hybridized carbons (Fsp3) is 0.143. The van der Waals surface area contributed by atoms with Gasteiger partial charge in [-0.2, -0.15) is 0 Å². The van der Waals surface area contributed by atoms with Crippen molar-refractivity contribution in [2.45, 2.75) is 6.54 Å². The molecule has 110 valence electrons. The van der Waals surface area contributed by atoms with Gasteiger partial charge in [0.2, 0.25) is 6.79 Å². The van der Waals surface area contributed by atoms with Gasteiger partial charge in [-0.05, 0) is 6.07 Å². The van der Waals surface area contributed by atoms with Crippen molar-refractivity contribution in [3.63, 3.8) is 0 Å². The summed E-state index contributed by atoms with van der Waals surface area (Å²) in [7, 11) is 0. The molecule has 1 aliphatic heterocycles.